The van der Waals surface area contributed by atoms with Crippen LogP contribution in [-0.4, -0.2) is 49.4 Å². The molecule has 8 nitrogen and oxygen atoms in total. The quantitative estimate of drug-likeness (QED) is 0.444. The van der Waals surface area contributed by atoms with Crippen LogP contribution in [-0.2, 0) is 18.0 Å². The molecule has 2 saturated heterocycles. The number of phenolic OH excluding ortho intramolecular Hbond substituents is 1. The zero-order valence-corrected chi connectivity index (χ0v) is 17.2. The molecule has 0 aliphatic carbocycles. The van der Waals surface area contributed by atoms with Crippen molar-refractivity contribution in [3.05, 3.63) is 29.5 Å². The Morgan fingerprint density at radius 3 is 2.45 bits per heavy atom. The van der Waals surface area contributed by atoms with E-state index in [0.29, 0.717) is 25.5 Å². The molecule has 0 radical (unpaired) electrons. The van der Waals surface area contributed by atoms with E-state index in [9.17, 15) is 31.9 Å². The van der Waals surface area contributed by atoms with Crippen LogP contribution in [0.2, 0.25) is 0 Å². The Balaban J connectivity index is 1.52. The highest BCUT2D eigenvalue weighted by Crippen LogP contribution is 2.41. The predicted octanol–water partition coefficient (Wildman–Crippen LogP) is 2.89. The normalized spacial score (nSPS) is 18.0. The van der Waals surface area contributed by atoms with Crippen molar-refractivity contribution in [2.75, 3.05) is 18.0 Å². The monoisotopic (exact) mass is 468 g/mol. The van der Waals surface area contributed by atoms with Gasteiger partial charge in [-0.1, -0.05) is 0 Å². The number of anilines is 1. The molecular formula is C20H17F5N6O2. The summed E-state index contributed by atoms with van der Waals surface area (Å²) in [6.07, 6.45) is -1.91. The number of piperidine rings is 1. The van der Waals surface area contributed by atoms with Gasteiger partial charge in [-0.05, 0) is 18.9 Å². The minimum Gasteiger partial charge on any atom is -0.503 e. The smallest absolute Gasteiger partial charge is 0.419 e. The number of rotatable bonds is 2. The molecule has 1 spiro atoms. The van der Waals surface area contributed by atoms with E-state index in [1.807, 2.05) is 4.90 Å². The standard InChI is InChI=1S/C20H17F5N6O2/c1-30-17-10(8-26-18(27-17)31-4-2-19(3-5-31)7-12(32)28-19)15(29-30)9-6-11(20(23,24)25)14(22)16(33)13(9)21/h6,8,33H,2-5,7H2,1H3,(H,28,32). The fraction of sp³-hybridized carbons (Fsp3) is 0.400. The number of carbonyl (C=O) groups excluding carboxylic acids is 1. The number of fused-ring (bicyclic) bond motifs is 1. The first-order chi connectivity index (χ1) is 15.5. The summed E-state index contributed by atoms with van der Waals surface area (Å²) < 4.78 is 69.2. The maximum absolute atomic E-state index is 14.6. The highest BCUT2D eigenvalue weighted by Gasteiger charge is 2.45. The highest BCUT2D eigenvalue weighted by atomic mass is 19.4. The second-order valence-electron chi connectivity index (χ2n) is 8.32. The van der Waals surface area contributed by atoms with E-state index in [-0.39, 0.29) is 34.2 Å². The maximum Gasteiger partial charge on any atom is 0.419 e. The van der Waals surface area contributed by atoms with Crippen LogP contribution in [0.5, 0.6) is 5.75 Å². The molecule has 2 fully saturated rings. The minimum absolute atomic E-state index is 0.0243. The summed E-state index contributed by atoms with van der Waals surface area (Å²) in [7, 11) is 1.48. The molecule has 13 heteroatoms. The number of amides is 1. The van der Waals surface area contributed by atoms with Crippen molar-refractivity contribution in [2.45, 2.75) is 31.0 Å². The van der Waals surface area contributed by atoms with Crippen molar-refractivity contribution >= 4 is 22.9 Å². The van der Waals surface area contributed by atoms with E-state index in [0.717, 1.165) is 12.8 Å². The lowest BCUT2D eigenvalue weighted by Gasteiger charge is -2.47. The fourth-order valence-corrected chi connectivity index (χ4v) is 4.40. The van der Waals surface area contributed by atoms with Gasteiger partial charge in [-0.2, -0.15) is 23.3 Å². The number of aromatic hydroxyl groups is 1. The molecule has 1 amide bonds. The highest BCUT2D eigenvalue weighted by molar-refractivity contribution is 5.92. The summed E-state index contributed by atoms with van der Waals surface area (Å²) in [5.74, 6) is -5.00. The van der Waals surface area contributed by atoms with Crippen LogP contribution < -0.4 is 10.2 Å². The Bertz CT molecular complexity index is 1290. The van der Waals surface area contributed by atoms with Gasteiger partial charge in [0, 0.05) is 38.3 Å². The number of benzene rings is 1. The molecule has 2 aliphatic rings. The number of nitrogens with zero attached hydrogens (tertiary/aromatic N) is 5. The Kier molecular flexibility index (Phi) is 4.52. The lowest BCUT2D eigenvalue weighted by atomic mass is 9.78. The molecule has 0 unspecified atom stereocenters. The summed E-state index contributed by atoms with van der Waals surface area (Å²) >= 11 is 0. The molecular weight excluding hydrogens is 451 g/mol. The van der Waals surface area contributed by atoms with Crippen molar-refractivity contribution < 1.29 is 31.9 Å². The van der Waals surface area contributed by atoms with Gasteiger partial charge in [-0.3, -0.25) is 4.79 Å². The number of phenols is 1. The van der Waals surface area contributed by atoms with Crippen LogP contribution in [0.4, 0.5) is 27.9 Å². The number of halogens is 5. The molecule has 3 aromatic rings. The van der Waals surface area contributed by atoms with E-state index in [2.05, 4.69) is 20.4 Å². The molecule has 0 atom stereocenters. The molecule has 1 aromatic carbocycles. The summed E-state index contributed by atoms with van der Waals surface area (Å²) in [4.78, 5) is 21.9. The van der Waals surface area contributed by atoms with Crippen molar-refractivity contribution in [3.8, 4) is 17.0 Å². The molecule has 2 N–H and O–H groups in total. The van der Waals surface area contributed by atoms with Gasteiger partial charge in [-0.25, -0.2) is 18.4 Å². The molecule has 174 valence electrons. The molecule has 2 aliphatic heterocycles. The summed E-state index contributed by atoms with van der Waals surface area (Å²) in [6.45, 7) is 1.18. The summed E-state index contributed by atoms with van der Waals surface area (Å²) in [5, 5.41) is 16.8. The van der Waals surface area contributed by atoms with Gasteiger partial charge in [0.15, 0.2) is 23.0 Å². The molecule has 33 heavy (non-hydrogen) atoms. The Labute approximate surface area is 183 Å². The van der Waals surface area contributed by atoms with E-state index < -0.39 is 34.7 Å². The first-order valence-corrected chi connectivity index (χ1v) is 10.0. The van der Waals surface area contributed by atoms with E-state index >= 15 is 0 Å². The van der Waals surface area contributed by atoms with Crippen molar-refractivity contribution in [1.82, 2.24) is 25.1 Å². The van der Waals surface area contributed by atoms with Gasteiger partial charge in [0.1, 0.15) is 5.69 Å². The van der Waals surface area contributed by atoms with Crippen LogP contribution >= 0.6 is 0 Å². The Hall–Kier alpha value is -3.51. The first-order valence-electron chi connectivity index (χ1n) is 10.0. The largest absolute Gasteiger partial charge is 0.503 e. The van der Waals surface area contributed by atoms with Gasteiger partial charge in [0.25, 0.3) is 0 Å². The van der Waals surface area contributed by atoms with E-state index in [1.165, 1.54) is 17.9 Å². The number of β-lactam (4-membered cyclic amide) rings is 1. The van der Waals surface area contributed by atoms with Gasteiger partial charge < -0.3 is 15.3 Å². The summed E-state index contributed by atoms with van der Waals surface area (Å²) in [5.41, 5.74) is -2.74. The average molecular weight is 468 g/mol. The van der Waals surface area contributed by atoms with Crippen LogP contribution in [0, 0.1) is 11.6 Å². The van der Waals surface area contributed by atoms with Crippen molar-refractivity contribution in [3.63, 3.8) is 0 Å². The Morgan fingerprint density at radius 1 is 1.18 bits per heavy atom. The topological polar surface area (TPSA) is 96.2 Å². The molecule has 4 heterocycles. The maximum atomic E-state index is 14.6. The Morgan fingerprint density at radius 2 is 1.85 bits per heavy atom. The number of aryl methyl sites for hydroxylation is 1. The molecule has 0 saturated carbocycles. The second-order valence-corrected chi connectivity index (χ2v) is 8.32. The van der Waals surface area contributed by atoms with Crippen LogP contribution in [0.25, 0.3) is 22.3 Å². The number of nitrogens with one attached hydrogen (secondary N) is 1. The molecule has 5 rings (SSSR count). The second kappa shape index (κ2) is 6.99. The third-order valence-electron chi connectivity index (χ3n) is 6.21. The zero-order valence-electron chi connectivity index (χ0n) is 17.2. The fourth-order valence-electron chi connectivity index (χ4n) is 4.40. The van der Waals surface area contributed by atoms with Gasteiger partial charge in [0.2, 0.25) is 11.9 Å². The third kappa shape index (κ3) is 3.33. The lowest BCUT2D eigenvalue weighted by Crippen LogP contribution is -2.65. The number of hydrogen-bond acceptors (Lipinski definition) is 6. The number of aromatic nitrogens is 4. The van der Waals surface area contributed by atoms with Crippen LogP contribution in [0.1, 0.15) is 24.8 Å². The number of carbonyl (C=O) groups is 1. The number of hydrogen-bond donors (Lipinski definition) is 2. The van der Waals surface area contributed by atoms with Gasteiger partial charge in [0.05, 0.1) is 16.5 Å². The SMILES string of the molecule is Cn1nc(-c2cc(C(F)(F)F)c(F)c(O)c2F)c2cnc(N3CCC4(CC3)CC(=O)N4)nc21. The van der Waals surface area contributed by atoms with Crippen LogP contribution in [0.3, 0.4) is 0 Å². The van der Waals surface area contributed by atoms with Gasteiger partial charge >= 0.3 is 6.18 Å². The van der Waals surface area contributed by atoms with E-state index in [4.69, 9.17) is 0 Å². The van der Waals surface area contributed by atoms with E-state index in [1.54, 1.807) is 0 Å². The average Bonchev–Trinajstić information content (AvgIpc) is 3.07. The first kappa shape index (κ1) is 21.3. The van der Waals surface area contributed by atoms with Crippen molar-refractivity contribution in [1.29, 1.82) is 0 Å². The lowest BCUT2D eigenvalue weighted by molar-refractivity contribution is -0.140. The molecule has 0 bridgehead atoms. The van der Waals surface area contributed by atoms with Crippen LogP contribution in [0.15, 0.2) is 12.3 Å². The molecule has 2 aromatic heterocycles. The zero-order chi connectivity index (χ0) is 23.7. The third-order valence-corrected chi connectivity index (χ3v) is 6.21. The van der Waals surface area contributed by atoms with Crippen molar-refractivity contribution in [2.24, 2.45) is 7.05 Å². The summed E-state index contributed by atoms with van der Waals surface area (Å²) in [6, 6.07) is 0.275. The minimum atomic E-state index is -5.15. The van der Waals surface area contributed by atoms with Gasteiger partial charge in [-0.15, -0.1) is 0 Å². The number of alkyl halides is 3. The predicted molar refractivity (Wildman–Crippen MR) is 105 cm³/mol.